The van der Waals surface area contributed by atoms with Crippen LogP contribution >= 0.6 is 0 Å². The zero-order chi connectivity index (χ0) is 13.3. The van der Waals surface area contributed by atoms with Gasteiger partial charge in [-0.15, -0.1) is 0 Å². The van der Waals surface area contributed by atoms with Gasteiger partial charge in [-0.3, -0.25) is 4.79 Å². The molecule has 1 unspecified atom stereocenters. The highest BCUT2D eigenvalue weighted by atomic mass is 16.2. The van der Waals surface area contributed by atoms with Crippen LogP contribution in [-0.2, 0) is 4.79 Å². The maximum absolute atomic E-state index is 12.1. The first-order chi connectivity index (χ1) is 8.44. The monoisotopic (exact) mass is 247 g/mol. The number of aryl methyl sites for hydroxylation is 1. The van der Waals surface area contributed by atoms with Crippen molar-refractivity contribution in [2.75, 3.05) is 18.0 Å². The fourth-order valence-corrected chi connectivity index (χ4v) is 2.51. The van der Waals surface area contributed by atoms with E-state index in [9.17, 15) is 4.79 Å². The van der Waals surface area contributed by atoms with Gasteiger partial charge in [-0.2, -0.15) is 0 Å². The third-order valence-electron chi connectivity index (χ3n) is 3.35. The summed E-state index contributed by atoms with van der Waals surface area (Å²) < 4.78 is 0. The number of benzene rings is 1. The zero-order valence-corrected chi connectivity index (χ0v) is 11.2. The molecule has 2 rings (SSSR count). The van der Waals surface area contributed by atoms with Crippen molar-refractivity contribution in [3.63, 3.8) is 0 Å². The molecular formula is C14H21N3O. The van der Waals surface area contributed by atoms with Crippen LogP contribution in [0.4, 0.5) is 5.69 Å². The van der Waals surface area contributed by atoms with Crippen LogP contribution in [0, 0.1) is 6.92 Å². The summed E-state index contributed by atoms with van der Waals surface area (Å²) in [6.07, 6.45) is 0. The maximum atomic E-state index is 12.1. The van der Waals surface area contributed by atoms with Gasteiger partial charge in [-0.1, -0.05) is 18.2 Å². The SMILES string of the molecule is Cc1ccccc1N1CC(C)(C)NC(=O)C1CN. The van der Waals surface area contributed by atoms with Gasteiger partial charge in [0, 0.05) is 18.8 Å². The van der Waals surface area contributed by atoms with Crippen molar-refractivity contribution < 1.29 is 4.79 Å². The summed E-state index contributed by atoms with van der Waals surface area (Å²) in [6, 6.07) is 7.83. The molecule has 0 saturated carbocycles. The van der Waals surface area contributed by atoms with Crippen LogP contribution in [0.15, 0.2) is 24.3 Å². The number of para-hydroxylation sites is 1. The first-order valence-electron chi connectivity index (χ1n) is 6.29. The lowest BCUT2D eigenvalue weighted by Crippen LogP contribution is -2.66. The number of carbonyl (C=O) groups excluding carboxylic acids is 1. The largest absolute Gasteiger partial charge is 0.356 e. The molecular weight excluding hydrogens is 226 g/mol. The minimum Gasteiger partial charge on any atom is -0.356 e. The minimum absolute atomic E-state index is 0.0111. The Morgan fingerprint density at radius 3 is 2.72 bits per heavy atom. The van der Waals surface area contributed by atoms with E-state index in [-0.39, 0.29) is 17.5 Å². The lowest BCUT2D eigenvalue weighted by molar-refractivity contribution is -0.125. The Morgan fingerprint density at radius 2 is 2.11 bits per heavy atom. The number of hydrogen-bond acceptors (Lipinski definition) is 3. The van der Waals surface area contributed by atoms with E-state index in [1.54, 1.807) is 0 Å². The Kier molecular flexibility index (Phi) is 3.30. The lowest BCUT2D eigenvalue weighted by atomic mass is 9.96. The Hall–Kier alpha value is -1.55. The fourth-order valence-electron chi connectivity index (χ4n) is 2.51. The van der Waals surface area contributed by atoms with Crippen LogP contribution in [0.1, 0.15) is 19.4 Å². The molecule has 1 heterocycles. The van der Waals surface area contributed by atoms with Crippen molar-refractivity contribution in [3.05, 3.63) is 29.8 Å². The van der Waals surface area contributed by atoms with Crippen LogP contribution < -0.4 is 16.0 Å². The van der Waals surface area contributed by atoms with Gasteiger partial charge >= 0.3 is 0 Å². The number of piperazine rings is 1. The number of nitrogens with zero attached hydrogens (tertiary/aromatic N) is 1. The number of nitrogens with two attached hydrogens (primary N) is 1. The third kappa shape index (κ3) is 2.34. The molecule has 1 fully saturated rings. The van der Waals surface area contributed by atoms with Gasteiger partial charge in [0.15, 0.2) is 0 Å². The lowest BCUT2D eigenvalue weighted by Gasteiger charge is -2.45. The van der Waals surface area contributed by atoms with E-state index in [0.29, 0.717) is 6.54 Å². The van der Waals surface area contributed by atoms with Crippen LogP contribution in [0.5, 0.6) is 0 Å². The molecule has 1 aliphatic heterocycles. The molecule has 1 aliphatic rings. The van der Waals surface area contributed by atoms with Crippen molar-refractivity contribution in [1.82, 2.24) is 5.32 Å². The molecule has 4 heteroatoms. The van der Waals surface area contributed by atoms with Crippen molar-refractivity contribution in [2.24, 2.45) is 5.73 Å². The summed E-state index contributed by atoms with van der Waals surface area (Å²) in [7, 11) is 0. The number of carbonyl (C=O) groups is 1. The van der Waals surface area contributed by atoms with E-state index in [1.165, 1.54) is 5.56 Å². The molecule has 4 nitrogen and oxygen atoms in total. The Bertz CT molecular complexity index is 456. The molecule has 0 radical (unpaired) electrons. The maximum Gasteiger partial charge on any atom is 0.244 e. The molecule has 1 aromatic carbocycles. The van der Waals surface area contributed by atoms with Gasteiger partial charge < -0.3 is 16.0 Å². The minimum atomic E-state index is -0.279. The Morgan fingerprint density at radius 1 is 1.44 bits per heavy atom. The van der Waals surface area contributed by atoms with Crippen molar-refractivity contribution in [2.45, 2.75) is 32.4 Å². The van der Waals surface area contributed by atoms with E-state index in [2.05, 4.69) is 23.2 Å². The first kappa shape index (κ1) is 12.9. The Labute approximate surface area is 108 Å². The summed E-state index contributed by atoms with van der Waals surface area (Å²) in [5.41, 5.74) is 7.79. The van der Waals surface area contributed by atoms with Gasteiger partial charge in [0.1, 0.15) is 6.04 Å². The molecule has 1 aromatic rings. The van der Waals surface area contributed by atoms with Crippen LogP contribution in [0.3, 0.4) is 0 Å². The summed E-state index contributed by atoms with van der Waals surface area (Å²) in [6.45, 7) is 7.22. The smallest absolute Gasteiger partial charge is 0.244 e. The van der Waals surface area contributed by atoms with E-state index >= 15 is 0 Å². The summed E-state index contributed by atoms with van der Waals surface area (Å²) >= 11 is 0. The topological polar surface area (TPSA) is 58.4 Å². The van der Waals surface area contributed by atoms with Gasteiger partial charge in [0.2, 0.25) is 5.91 Å². The summed E-state index contributed by atoms with van der Waals surface area (Å²) in [5.74, 6) is 0.0111. The van der Waals surface area contributed by atoms with Crippen molar-refractivity contribution in [3.8, 4) is 0 Å². The predicted octanol–water partition coefficient (Wildman–Crippen LogP) is 1.04. The average molecular weight is 247 g/mol. The second-order valence-electron chi connectivity index (χ2n) is 5.54. The van der Waals surface area contributed by atoms with Crippen LogP contribution in [0.25, 0.3) is 0 Å². The van der Waals surface area contributed by atoms with Crippen molar-refractivity contribution >= 4 is 11.6 Å². The molecule has 1 amide bonds. The molecule has 0 aliphatic carbocycles. The summed E-state index contributed by atoms with van der Waals surface area (Å²) in [4.78, 5) is 14.2. The van der Waals surface area contributed by atoms with Gasteiger partial charge in [0.25, 0.3) is 0 Å². The first-order valence-corrected chi connectivity index (χ1v) is 6.29. The number of anilines is 1. The van der Waals surface area contributed by atoms with Crippen LogP contribution in [0.2, 0.25) is 0 Å². The molecule has 18 heavy (non-hydrogen) atoms. The Balaban J connectivity index is 2.39. The number of rotatable bonds is 2. The molecule has 1 saturated heterocycles. The number of nitrogens with one attached hydrogen (secondary N) is 1. The van der Waals surface area contributed by atoms with Gasteiger partial charge in [-0.25, -0.2) is 0 Å². The fraction of sp³-hybridized carbons (Fsp3) is 0.500. The summed E-state index contributed by atoms with van der Waals surface area (Å²) in [5, 5.41) is 3.02. The highest BCUT2D eigenvalue weighted by molar-refractivity contribution is 5.88. The standard InChI is InChI=1S/C14H21N3O/c1-10-6-4-5-7-11(10)17-9-14(2,3)16-13(18)12(17)8-15/h4-7,12H,8-9,15H2,1-3H3,(H,16,18). The van der Waals surface area contributed by atoms with Gasteiger partial charge in [0.05, 0.1) is 5.54 Å². The number of hydrogen-bond donors (Lipinski definition) is 2. The normalized spacial score (nSPS) is 22.8. The number of amides is 1. The van der Waals surface area contributed by atoms with Crippen molar-refractivity contribution in [1.29, 1.82) is 0 Å². The molecule has 98 valence electrons. The quantitative estimate of drug-likeness (QED) is 0.821. The zero-order valence-electron chi connectivity index (χ0n) is 11.2. The highest BCUT2D eigenvalue weighted by Crippen LogP contribution is 2.26. The molecule has 1 atom stereocenters. The third-order valence-corrected chi connectivity index (χ3v) is 3.35. The molecule has 3 N–H and O–H groups in total. The average Bonchev–Trinajstić information content (AvgIpc) is 2.27. The van der Waals surface area contributed by atoms with Crippen LogP contribution in [-0.4, -0.2) is 30.6 Å². The molecule has 0 bridgehead atoms. The van der Waals surface area contributed by atoms with E-state index in [4.69, 9.17) is 5.73 Å². The molecule has 0 spiro atoms. The second-order valence-corrected chi connectivity index (χ2v) is 5.54. The second kappa shape index (κ2) is 4.61. The predicted molar refractivity (Wildman–Crippen MR) is 73.6 cm³/mol. The van der Waals surface area contributed by atoms with E-state index < -0.39 is 0 Å². The van der Waals surface area contributed by atoms with Gasteiger partial charge in [-0.05, 0) is 32.4 Å². The highest BCUT2D eigenvalue weighted by Gasteiger charge is 2.38. The van der Waals surface area contributed by atoms with E-state index in [0.717, 1.165) is 12.2 Å². The molecule has 0 aromatic heterocycles. The van der Waals surface area contributed by atoms with E-state index in [1.807, 2.05) is 32.0 Å².